The summed E-state index contributed by atoms with van der Waals surface area (Å²) in [6.45, 7) is 3.75. The molecule has 0 radical (unpaired) electrons. The molecule has 0 spiro atoms. The molecule has 162 valence electrons. The molecule has 1 saturated heterocycles. The zero-order valence-electron chi connectivity index (χ0n) is 17.7. The van der Waals surface area contributed by atoms with Gasteiger partial charge in [0.1, 0.15) is 5.75 Å². The van der Waals surface area contributed by atoms with Crippen LogP contribution in [-0.2, 0) is 16.4 Å². The van der Waals surface area contributed by atoms with E-state index >= 15 is 0 Å². The Morgan fingerprint density at radius 1 is 1.10 bits per heavy atom. The summed E-state index contributed by atoms with van der Waals surface area (Å²) in [5, 5.41) is 0. The Morgan fingerprint density at radius 2 is 1.87 bits per heavy atom. The second-order valence-electron chi connectivity index (χ2n) is 7.71. The van der Waals surface area contributed by atoms with Crippen molar-refractivity contribution in [1.82, 2.24) is 9.62 Å². The van der Waals surface area contributed by atoms with Crippen molar-refractivity contribution in [3.05, 3.63) is 59.2 Å². The largest absolute Gasteiger partial charge is 0.496 e. The molecule has 1 aliphatic rings. The summed E-state index contributed by atoms with van der Waals surface area (Å²) < 4.78 is 33.5. The van der Waals surface area contributed by atoms with Gasteiger partial charge in [-0.05, 0) is 62.8 Å². The minimum absolute atomic E-state index is 0.0826. The van der Waals surface area contributed by atoms with Gasteiger partial charge in [0, 0.05) is 19.6 Å². The first kappa shape index (κ1) is 22.3. The number of likely N-dealkylation sites (tertiary alicyclic amines) is 1. The van der Waals surface area contributed by atoms with Crippen LogP contribution < -0.4 is 9.46 Å². The molecule has 0 aromatic heterocycles. The van der Waals surface area contributed by atoms with Gasteiger partial charge in [-0.1, -0.05) is 29.8 Å². The van der Waals surface area contributed by atoms with Crippen LogP contribution >= 0.6 is 0 Å². The quantitative estimate of drug-likeness (QED) is 0.650. The lowest BCUT2D eigenvalue weighted by Gasteiger charge is -2.27. The summed E-state index contributed by atoms with van der Waals surface area (Å²) in [6, 6.07) is 12.7. The van der Waals surface area contributed by atoms with Crippen LogP contribution in [0.4, 0.5) is 0 Å². The number of methoxy groups -OCH3 is 1. The lowest BCUT2D eigenvalue weighted by atomic mass is 10.1. The minimum atomic E-state index is -3.71. The van der Waals surface area contributed by atoms with Crippen LogP contribution in [0, 0.1) is 6.92 Å². The van der Waals surface area contributed by atoms with Gasteiger partial charge in [0.05, 0.1) is 17.6 Å². The number of carbonyl (C=O) groups excluding carboxylic acids is 1. The van der Waals surface area contributed by atoms with E-state index < -0.39 is 10.0 Å². The fourth-order valence-electron chi connectivity index (χ4n) is 3.74. The van der Waals surface area contributed by atoms with Gasteiger partial charge in [0.25, 0.3) is 5.91 Å². The third-order valence-corrected chi connectivity index (χ3v) is 6.83. The Kier molecular flexibility index (Phi) is 7.50. The van der Waals surface area contributed by atoms with E-state index in [2.05, 4.69) is 10.8 Å². The molecular weight excluding hydrogens is 400 g/mol. The van der Waals surface area contributed by atoms with Crippen LogP contribution in [0.1, 0.15) is 47.2 Å². The van der Waals surface area contributed by atoms with Gasteiger partial charge in [0.2, 0.25) is 10.0 Å². The molecule has 1 fully saturated rings. The number of benzene rings is 2. The molecule has 0 saturated carbocycles. The summed E-state index contributed by atoms with van der Waals surface area (Å²) >= 11 is 0. The van der Waals surface area contributed by atoms with Crippen molar-refractivity contribution in [1.29, 1.82) is 0 Å². The van der Waals surface area contributed by atoms with E-state index in [9.17, 15) is 13.2 Å². The van der Waals surface area contributed by atoms with Crippen LogP contribution in [0.3, 0.4) is 0 Å². The van der Waals surface area contributed by atoms with Crippen LogP contribution in [0.25, 0.3) is 0 Å². The number of nitrogens with one attached hydrogen (secondary N) is 1. The number of rotatable bonds is 8. The first-order valence-corrected chi connectivity index (χ1v) is 11.9. The molecule has 6 nitrogen and oxygen atoms in total. The normalized spacial score (nSPS) is 14.5. The van der Waals surface area contributed by atoms with Crippen molar-refractivity contribution >= 4 is 15.9 Å². The van der Waals surface area contributed by atoms with Gasteiger partial charge < -0.3 is 9.64 Å². The Balaban J connectivity index is 1.68. The van der Waals surface area contributed by atoms with E-state index in [1.165, 1.54) is 30.4 Å². The Morgan fingerprint density at radius 3 is 2.57 bits per heavy atom. The molecule has 0 atom stereocenters. The molecule has 1 amide bonds. The molecule has 2 aromatic rings. The maximum Gasteiger partial charge on any atom is 0.257 e. The highest BCUT2D eigenvalue weighted by atomic mass is 32.2. The first-order valence-electron chi connectivity index (χ1n) is 10.4. The molecule has 1 aliphatic heterocycles. The van der Waals surface area contributed by atoms with Crippen molar-refractivity contribution in [2.45, 2.75) is 43.9 Å². The summed E-state index contributed by atoms with van der Waals surface area (Å²) in [6.07, 6.45) is 4.54. The van der Waals surface area contributed by atoms with E-state index in [1.54, 1.807) is 11.0 Å². The minimum Gasteiger partial charge on any atom is -0.496 e. The lowest BCUT2D eigenvalue weighted by molar-refractivity contribution is 0.0720. The molecule has 3 rings (SSSR count). The molecule has 1 N–H and O–H groups in total. The Hall–Kier alpha value is -2.38. The average Bonchev–Trinajstić information content (AvgIpc) is 2.76. The van der Waals surface area contributed by atoms with Crippen molar-refractivity contribution in [2.24, 2.45) is 0 Å². The number of piperidine rings is 1. The highest BCUT2D eigenvalue weighted by Gasteiger charge is 2.24. The zero-order chi connectivity index (χ0) is 21.6. The van der Waals surface area contributed by atoms with E-state index in [0.717, 1.165) is 25.7 Å². The zero-order valence-corrected chi connectivity index (χ0v) is 18.5. The maximum atomic E-state index is 12.9. The monoisotopic (exact) mass is 430 g/mol. The third-order valence-electron chi connectivity index (χ3n) is 5.37. The van der Waals surface area contributed by atoms with Gasteiger partial charge in [-0.15, -0.1) is 0 Å². The van der Waals surface area contributed by atoms with Crippen LogP contribution in [0.5, 0.6) is 5.75 Å². The Bertz CT molecular complexity index is 982. The molecular formula is C23H30N2O4S. The van der Waals surface area contributed by atoms with Gasteiger partial charge in [0.15, 0.2) is 0 Å². The summed E-state index contributed by atoms with van der Waals surface area (Å²) in [7, 11) is -2.22. The maximum absolute atomic E-state index is 12.9. The summed E-state index contributed by atoms with van der Waals surface area (Å²) in [4.78, 5) is 14.8. The molecule has 0 bridgehead atoms. The van der Waals surface area contributed by atoms with E-state index in [0.29, 0.717) is 37.4 Å². The second kappa shape index (κ2) is 10.1. The van der Waals surface area contributed by atoms with Gasteiger partial charge in [-0.25, -0.2) is 13.1 Å². The number of hydrogen-bond acceptors (Lipinski definition) is 4. The van der Waals surface area contributed by atoms with Gasteiger partial charge in [-0.2, -0.15) is 0 Å². The topological polar surface area (TPSA) is 75.7 Å². The number of carbonyl (C=O) groups is 1. The molecule has 30 heavy (non-hydrogen) atoms. The predicted octanol–water partition coefficient (Wildman–Crippen LogP) is 3.54. The summed E-state index contributed by atoms with van der Waals surface area (Å²) in [5.74, 6) is 0.215. The van der Waals surface area contributed by atoms with Crippen LogP contribution in [0.15, 0.2) is 47.4 Å². The molecule has 1 heterocycles. The molecule has 0 unspecified atom stereocenters. The van der Waals surface area contributed by atoms with Gasteiger partial charge in [-0.3, -0.25) is 4.79 Å². The van der Waals surface area contributed by atoms with Crippen LogP contribution in [-0.4, -0.2) is 46.0 Å². The second-order valence-corrected chi connectivity index (χ2v) is 9.47. The van der Waals surface area contributed by atoms with Crippen molar-refractivity contribution in [2.75, 3.05) is 26.7 Å². The van der Waals surface area contributed by atoms with E-state index in [-0.39, 0.29) is 10.8 Å². The highest BCUT2D eigenvalue weighted by Crippen LogP contribution is 2.25. The fraction of sp³-hybridized carbons (Fsp3) is 0.435. The lowest BCUT2D eigenvalue weighted by Crippen LogP contribution is -2.36. The SMILES string of the molecule is COc1ccc(S(=O)(=O)NCCCc2cccc(C)c2)cc1C(=O)N1CCCCC1. The first-order chi connectivity index (χ1) is 14.4. The predicted molar refractivity (Wildman–Crippen MR) is 117 cm³/mol. The van der Waals surface area contributed by atoms with Crippen LogP contribution in [0.2, 0.25) is 0 Å². The molecule has 0 aliphatic carbocycles. The van der Waals surface area contributed by atoms with Gasteiger partial charge >= 0.3 is 0 Å². The third kappa shape index (κ3) is 5.61. The number of aryl methyl sites for hydroxylation is 2. The van der Waals surface area contributed by atoms with Crippen molar-refractivity contribution < 1.29 is 17.9 Å². The average molecular weight is 431 g/mol. The number of hydrogen-bond donors (Lipinski definition) is 1. The number of nitrogens with zero attached hydrogens (tertiary/aromatic N) is 1. The van der Waals surface area contributed by atoms with E-state index in [1.807, 2.05) is 25.1 Å². The van der Waals surface area contributed by atoms with E-state index in [4.69, 9.17) is 4.74 Å². The number of sulfonamides is 1. The molecule has 7 heteroatoms. The smallest absolute Gasteiger partial charge is 0.257 e. The highest BCUT2D eigenvalue weighted by molar-refractivity contribution is 7.89. The number of amides is 1. The fourth-order valence-corrected chi connectivity index (χ4v) is 4.84. The van der Waals surface area contributed by atoms with Crippen molar-refractivity contribution in [3.8, 4) is 5.75 Å². The molecule has 2 aromatic carbocycles. The summed E-state index contributed by atoms with van der Waals surface area (Å²) in [5.41, 5.74) is 2.67. The number of ether oxygens (including phenoxy) is 1. The standard InChI is InChI=1S/C23H30N2O4S/c1-18-8-6-9-19(16-18)10-7-13-24-30(27,28)20-11-12-22(29-2)21(17-20)23(26)25-14-4-3-5-15-25/h6,8-9,11-12,16-17,24H,3-5,7,10,13-15H2,1-2H3. The van der Waals surface area contributed by atoms with Crippen molar-refractivity contribution in [3.63, 3.8) is 0 Å². The Labute approximate surface area is 179 Å².